The molecule has 6 heteroatoms. The molecule has 0 radical (unpaired) electrons. The predicted octanol–water partition coefficient (Wildman–Crippen LogP) is 5.78. The molecule has 31 heavy (non-hydrogen) atoms. The fourth-order valence-corrected chi connectivity index (χ4v) is 3.95. The first kappa shape index (κ1) is 33.2. The largest absolute Gasteiger partial charge is 0.756 e. The quantitative estimate of drug-likeness (QED) is 0.140. The maximum atomic E-state index is 8.77. The monoisotopic (exact) mass is 465 g/mol. The zero-order chi connectivity index (χ0) is 23.6. The molecular formula is C25H56NO4P. The molecule has 0 aromatic rings. The van der Waals surface area contributed by atoms with E-state index in [1.54, 1.807) is 4.90 Å². The highest BCUT2D eigenvalue weighted by Gasteiger charge is 2.01. The molecule has 0 unspecified atom stereocenters. The Hall–Kier alpha value is 0.0700. The molecule has 0 aliphatic carbocycles. The second kappa shape index (κ2) is 26.3. The fraction of sp³-hybridized carbons (Fsp3) is 1.00. The predicted molar refractivity (Wildman–Crippen MR) is 132 cm³/mol. The van der Waals surface area contributed by atoms with Crippen LogP contribution >= 0.6 is 7.82 Å². The zero-order valence-corrected chi connectivity index (χ0v) is 22.1. The van der Waals surface area contributed by atoms with E-state index in [0.717, 1.165) is 0 Å². The van der Waals surface area contributed by atoms with Gasteiger partial charge < -0.3 is 19.6 Å². The number of unbranched alkanes of at least 4 members (excludes halogenated alkanes) is 18. The van der Waals surface area contributed by atoms with Gasteiger partial charge in [0.05, 0.1) is 20.1 Å². The van der Waals surface area contributed by atoms with Crippen molar-refractivity contribution in [3.63, 3.8) is 0 Å². The van der Waals surface area contributed by atoms with Crippen molar-refractivity contribution in [3.8, 4) is 0 Å². The van der Waals surface area contributed by atoms with Crippen LogP contribution in [-0.2, 0) is 4.57 Å². The minimum absolute atomic E-state index is 1.37. The van der Waals surface area contributed by atoms with Crippen LogP contribution in [0.3, 0.4) is 0 Å². The third kappa shape index (κ3) is 40.9. The average Bonchev–Trinajstić information content (AvgIpc) is 2.69. The molecule has 0 atom stereocenters. The van der Waals surface area contributed by atoms with Crippen molar-refractivity contribution in [1.29, 1.82) is 0 Å². The fourth-order valence-electron chi connectivity index (χ4n) is 3.95. The Labute approximate surface area is 194 Å². The number of quaternary nitrogens is 1. The van der Waals surface area contributed by atoms with Crippen LogP contribution in [0.4, 0.5) is 0 Å². The molecular weight excluding hydrogens is 409 g/mol. The highest BCUT2D eigenvalue weighted by molar-refractivity contribution is 7.43. The van der Waals surface area contributed by atoms with Crippen LogP contribution in [0.1, 0.15) is 142 Å². The Morgan fingerprint density at radius 3 is 0.968 bits per heavy atom. The third-order valence-electron chi connectivity index (χ3n) is 5.91. The van der Waals surface area contributed by atoms with Gasteiger partial charge in [-0.3, -0.25) is 4.57 Å². The number of rotatable bonds is 22. The van der Waals surface area contributed by atoms with E-state index in [-0.39, 0.29) is 0 Å². The molecule has 0 heterocycles. The Morgan fingerprint density at radius 1 is 0.548 bits per heavy atom. The summed E-state index contributed by atoms with van der Waals surface area (Å²) < 4.78 is 8.77. The third-order valence-corrected chi connectivity index (χ3v) is 5.91. The second-order valence-electron chi connectivity index (χ2n) is 9.31. The topological polar surface area (TPSA) is 85.0 Å². The lowest BCUT2D eigenvalue weighted by Gasteiger charge is -2.13. The smallest absolute Gasteiger partial charge is 0.262 e. The molecule has 0 aromatic carbocycles. The van der Waals surface area contributed by atoms with E-state index >= 15 is 0 Å². The van der Waals surface area contributed by atoms with Crippen LogP contribution in [0.5, 0.6) is 0 Å². The van der Waals surface area contributed by atoms with Crippen LogP contribution in [0.25, 0.3) is 0 Å². The van der Waals surface area contributed by atoms with Gasteiger partial charge in [0.15, 0.2) is 0 Å². The summed E-state index contributed by atoms with van der Waals surface area (Å²) in [4.78, 5) is 24.7. The molecule has 0 amide bonds. The van der Waals surface area contributed by atoms with Crippen LogP contribution in [0.15, 0.2) is 0 Å². The van der Waals surface area contributed by atoms with Gasteiger partial charge in [0.2, 0.25) is 0 Å². The molecule has 0 fully saturated rings. The van der Waals surface area contributed by atoms with Gasteiger partial charge in [-0.1, -0.05) is 117 Å². The van der Waals surface area contributed by atoms with Gasteiger partial charge in [0, 0.05) is 0 Å². The highest BCUT2D eigenvalue weighted by atomic mass is 31.2. The van der Waals surface area contributed by atoms with E-state index in [9.17, 15) is 0 Å². The summed E-state index contributed by atoms with van der Waals surface area (Å²) in [5.41, 5.74) is 0. The molecule has 3 N–H and O–H groups in total. The van der Waals surface area contributed by atoms with E-state index in [0.29, 0.717) is 0 Å². The average molecular weight is 466 g/mol. The molecule has 0 bridgehead atoms. The van der Waals surface area contributed by atoms with E-state index < -0.39 is 7.82 Å². The molecule has 0 saturated carbocycles. The van der Waals surface area contributed by atoms with Crippen LogP contribution in [0, 0.1) is 0 Å². The van der Waals surface area contributed by atoms with Crippen molar-refractivity contribution in [1.82, 2.24) is 0 Å². The molecule has 0 aromatic heterocycles. The lowest BCUT2D eigenvalue weighted by Crippen LogP contribution is -3.09. The Morgan fingerprint density at radius 2 is 0.742 bits per heavy atom. The first-order chi connectivity index (χ1) is 14.8. The second-order valence-corrected chi connectivity index (χ2v) is 10.3. The summed E-state index contributed by atoms with van der Waals surface area (Å²) >= 11 is 0. The maximum absolute atomic E-state index is 8.77. The van der Waals surface area contributed by atoms with Gasteiger partial charge in [0.1, 0.15) is 0 Å². The Balaban J connectivity index is 0. The minimum atomic E-state index is -4.89. The van der Waals surface area contributed by atoms with Crippen LogP contribution in [-0.4, -0.2) is 29.9 Å². The maximum Gasteiger partial charge on any atom is 0.262 e. The summed E-state index contributed by atoms with van der Waals surface area (Å²) in [5.74, 6) is 0. The van der Waals surface area contributed by atoms with Gasteiger partial charge in [-0.25, -0.2) is 0 Å². The summed E-state index contributed by atoms with van der Waals surface area (Å²) in [7, 11) is -2.48. The molecule has 0 aliphatic heterocycles. The standard InChI is InChI=1S/C25H53N.H3O4P/c1-4-6-8-10-12-14-16-18-20-22-24-26(3)25-23-21-19-17-15-13-11-9-7-5-2;1-5(2,3)4/h4-25H2,1-3H3;(H3,1,2,3,4). The number of hydrogen-bond acceptors (Lipinski definition) is 2. The van der Waals surface area contributed by atoms with Gasteiger partial charge >= 0.3 is 0 Å². The summed E-state index contributed by atoms with van der Waals surface area (Å²) in [5, 5.41) is 0. The summed E-state index contributed by atoms with van der Waals surface area (Å²) in [6.45, 7) is 7.40. The normalized spacial score (nSPS) is 11.6. The van der Waals surface area contributed by atoms with Crippen LogP contribution < -0.4 is 9.79 Å². The molecule has 0 rings (SSSR count). The highest BCUT2D eigenvalue weighted by Crippen LogP contribution is 2.19. The number of phosphoric acid groups is 1. The van der Waals surface area contributed by atoms with E-state index in [1.807, 2.05) is 0 Å². The summed E-state index contributed by atoms with van der Waals surface area (Å²) in [6.07, 6.45) is 29.1. The lowest BCUT2D eigenvalue weighted by molar-refractivity contribution is -0.880. The van der Waals surface area contributed by atoms with Crippen molar-refractivity contribution in [2.45, 2.75) is 142 Å². The van der Waals surface area contributed by atoms with Crippen molar-refractivity contribution in [2.24, 2.45) is 0 Å². The SMILES string of the molecule is CCCCCCCCCCCC[NH+](C)CCCCCCCCCCCC.O=P([O-])(O)O. The van der Waals surface area contributed by atoms with E-state index in [4.69, 9.17) is 19.2 Å². The number of nitrogens with one attached hydrogen (secondary N) is 1. The first-order valence-corrected chi connectivity index (χ1v) is 14.9. The van der Waals surface area contributed by atoms with Gasteiger partial charge in [-0.15, -0.1) is 0 Å². The van der Waals surface area contributed by atoms with E-state index in [2.05, 4.69) is 20.9 Å². The number of hydrogen-bond donors (Lipinski definition) is 3. The Kier molecular flexibility index (Phi) is 28.2. The van der Waals surface area contributed by atoms with Gasteiger partial charge in [0.25, 0.3) is 7.82 Å². The van der Waals surface area contributed by atoms with Crippen molar-refractivity contribution in [2.75, 3.05) is 20.1 Å². The van der Waals surface area contributed by atoms with Crippen molar-refractivity contribution < 1.29 is 24.1 Å². The molecule has 0 spiro atoms. The van der Waals surface area contributed by atoms with Crippen molar-refractivity contribution >= 4 is 7.82 Å². The first-order valence-electron chi connectivity index (χ1n) is 13.4. The van der Waals surface area contributed by atoms with Crippen LogP contribution in [0.2, 0.25) is 0 Å². The molecule has 0 saturated heterocycles. The molecule has 0 aliphatic rings. The van der Waals surface area contributed by atoms with Gasteiger partial charge in [-0.2, -0.15) is 0 Å². The lowest BCUT2D eigenvalue weighted by atomic mass is 10.1. The van der Waals surface area contributed by atoms with Gasteiger partial charge in [-0.05, 0) is 25.7 Å². The molecule has 190 valence electrons. The minimum Gasteiger partial charge on any atom is -0.756 e. The Bertz CT molecular complexity index is 344. The van der Waals surface area contributed by atoms with E-state index in [1.165, 1.54) is 142 Å². The zero-order valence-electron chi connectivity index (χ0n) is 21.2. The van der Waals surface area contributed by atoms with Crippen molar-refractivity contribution in [3.05, 3.63) is 0 Å². The molecule has 5 nitrogen and oxygen atoms in total. The summed E-state index contributed by atoms with van der Waals surface area (Å²) in [6, 6.07) is 0.